The highest BCUT2D eigenvalue weighted by atomic mass is 16.6. The SMILES string of the molecule is CCCCOC(=O)N1CCCC1C[O]. The summed E-state index contributed by atoms with van der Waals surface area (Å²) in [6, 6.07) is -0.135. The number of hydrogen-bond donors (Lipinski definition) is 0. The molecule has 1 amide bonds. The van der Waals surface area contributed by atoms with Gasteiger partial charge in [-0.1, -0.05) is 13.3 Å². The number of carbonyl (C=O) groups excluding carboxylic acids is 1. The minimum Gasteiger partial charge on any atom is -0.449 e. The molecule has 1 aliphatic rings. The predicted molar refractivity (Wildman–Crippen MR) is 51.5 cm³/mol. The standard InChI is InChI=1S/C10H18NO3/c1-2-3-7-14-10(13)11-6-4-5-9(11)8-12/h9H,2-8H2,1H3. The van der Waals surface area contributed by atoms with Gasteiger partial charge < -0.3 is 9.64 Å². The molecule has 0 aromatic heterocycles. The van der Waals surface area contributed by atoms with Crippen molar-refractivity contribution in [2.75, 3.05) is 19.8 Å². The summed E-state index contributed by atoms with van der Waals surface area (Å²) in [4.78, 5) is 13.0. The number of nitrogens with zero attached hydrogens (tertiary/aromatic N) is 1. The van der Waals surface area contributed by atoms with Gasteiger partial charge in [0.15, 0.2) is 0 Å². The first-order chi connectivity index (χ1) is 6.79. The summed E-state index contributed by atoms with van der Waals surface area (Å²) in [5.41, 5.74) is 0. The van der Waals surface area contributed by atoms with Gasteiger partial charge in [-0.2, -0.15) is 0 Å². The Morgan fingerprint density at radius 1 is 1.57 bits per heavy atom. The maximum Gasteiger partial charge on any atom is 0.410 e. The van der Waals surface area contributed by atoms with Gasteiger partial charge in [-0.05, 0) is 19.3 Å². The van der Waals surface area contributed by atoms with Crippen LogP contribution in [0, 0.1) is 0 Å². The van der Waals surface area contributed by atoms with Crippen molar-refractivity contribution in [3.05, 3.63) is 0 Å². The maximum atomic E-state index is 11.5. The van der Waals surface area contributed by atoms with Gasteiger partial charge in [0.1, 0.15) is 6.61 Å². The number of rotatable bonds is 4. The maximum absolute atomic E-state index is 11.5. The van der Waals surface area contributed by atoms with E-state index in [4.69, 9.17) is 4.74 Å². The van der Waals surface area contributed by atoms with Crippen molar-refractivity contribution in [1.29, 1.82) is 0 Å². The number of amides is 1. The summed E-state index contributed by atoms with van der Waals surface area (Å²) in [5.74, 6) is 0. The molecule has 0 bridgehead atoms. The predicted octanol–water partition coefficient (Wildman–Crippen LogP) is 1.82. The quantitative estimate of drug-likeness (QED) is 0.650. The molecule has 4 heteroatoms. The first kappa shape index (κ1) is 11.3. The van der Waals surface area contributed by atoms with E-state index in [1.54, 1.807) is 4.90 Å². The second-order valence-corrected chi connectivity index (χ2v) is 3.62. The summed E-state index contributed by atoms with van der Waals surface area (Å²) in [6.07, 6.45) is 3.35. The molecule has 0 aliphatic carbocycles. The minimum atomic E-state index is -0.309. The van der Waals surface area contributed by atoms with Crippen molar-refractivity contribution in [3.8, 4) is 0 Å². The molecule has 0 N–H and O–H groups in total. The molecule has 0 aromatic carbocycles. The van der Waals surface area contributed by atoms with E-state index >= 15 is 0 Å². The van der Waals surface area contributed by atoms with E-state index in [9.17, 15) is 9.90 Å². The second-order valence-electron chi connectivity index (χ2n) is 3.62. The lowest BCUT2D eigenvalue weighted by molar-refractivity contribution is 0.0694. The topological polar surface area (TPSA) is 49.4 Å². The van der Waals surface area contributed by atoms with Crippen LogP contribution < -0.4 is 0 Å². The van der Waals surface area contributed by atoms with Gasteiger partial charge in [0.25, 0.3) is 0 Å². The number of carbonyl (C=O) groups is 1. The van der Waals surface area contributed by atoms with Crippen LogP contribution in [-0.4, -0.2) is 36.8 Å². The molecular weight excluding hydrogens is 182 g/mol. The van der Waals surface area contributed by atoms with Gasteiger partial charge in [-0.25, -0.2) is 9.90 Å². The first-order valence-electron chi connectivity index (χ1n) is 5.31. The molecule has 14 heavy (non-hydrogen) atoms. The third-order valence-electron chi connectivity index (χ3n) is 2.53. The van der Waals surface area contributed by atoms with E-state index in [2.05, 4.69) is 0 Å². The summed E-state index contributed by atoms with van der Waals surface area (Å²) >= 11 is 0. The molecule has 0 saturated carbocycles. The van der Waals surface area contributed by atoms with Gasteiger partial charge in [0.05, 0.1) is 12.6 Å². The van der Waals surface area contributed by atoms with Gasteiger partial charge in [0, 0.05) is 6.54 Å². The first-order valence-corrected chi connectivity index (χ1v) is 5.31. The Morgan fingerprint density at radius 3 is 3.00 bits per heavy atom. The monoisotopic (exact) mass is 200 g/mol. The fourth-order valence-corrected chi connectivity index (χ4v) is 1.64. The Kier molecular flexibility index (Phi) is 4.73. The zero-order valence-corrected chi connectivity index (χ0v) is 8.70. The highest BCUT2D eigenvalue weighted by Crippen LogP contribution is 2.17. The van der Waals surface area contributed by atoms with Crippen molar-refractivity contribution >= 4 is 6.09 Å². The molecule has 1 atom stereocenters. The van der Waals surface area contributed by atoms with E-state index in [1.807, 2.05) is 6.92 Å². The van der Waals surface area contributed by atoms with Crippen molar-refractivity contribution in [3.63, 3.8) is 0 Å². The van der Waals surface area contributed by atoms with Crippen molar-refractivity contribution in [2.24, 2.45) is 0 Å². The van der Waals surface area contributed by atoms with Crippen molar-refractivity contribution < 1.29 is 14.6 Å². The van der Waals surface area contributed by atoms with E-state index in [-0.39, 0.29) is 18.7 Å². The summed E-state index contributed by atoms with van der Waals surface area (Å²) in [5, 5.41) is 10.7. The highest BCUT2D eigenvalue weighted by Gasteiger charge is 2.29. The lowest BCUT2D eigenvalue weighted by Gasteiger charge is -2.21. The number of unbranched alkanes of at least 4 members (excludes halogenated alkanes) is 1. The van der Waals surface area contributed by atoms with Crippen LogP contribution >= 0.6 is 0 Å². The highest BCUT2D eigenvalue weighted by molar-refractivity contribution is 5.68. The summed E-state index contributed by atoms with van der Waals surface area (Å²) in [6.45, 7) is 2.99. The minimum absolute atomic E-state index is 0.135. The molecule has 0 aromatic rings. The number of likely N-dealkylation sites (tertiary alicyclic amines) is 1. The molecule has 1 heterocycles. The second kappa shape index (κ2) is 5.86. The van der Waals surface area contributed by atoms with Crippen LogP contribution in [-0.2, 0) is 9.84 Å². The van der Waals surface area contributed by atoms with Gasteiger partial charge in [0.2, 0.25) is 0 Å². The molecule has 1 aliphatic heterocycles. The number of hydrogen-bond acceptors (Lipinski definition) is 2. The van der Waals surface area contributed by atoms with Crippen LogP contribution in [0.1, 0.15) is 32.6 Å². The number of ether oxygens (including phenoxy) is 1. The average molecular weight is 200 g/mol. The van der Waals surface area contributed by atoms with E-state index in [0.717, 1.165) is 25.7 Å². The third kappa shape index (κ3) is 2.87. The fraction of sp³-hybridized carbons (Fsp3) is 0.900. The fourth-order valence-electron chi connectivity index (χ4n) is 1.64. The molecule has 1 saturated heterocycles. The van der Waals surface area contributed by atoms with Crippen molar-refractivity contribution in [1.82, 2.24) is 4.90 Å². The van der Waals surface area contributed by atoms with Gasteiger partial charge >= 0.3 is 6.09 Å². The smallest absolute Gasteiger partial charge is 0.410 e. The molecule has 1 radical (unpaired) electrons. The largest absolute Gasteiger partial charge is 0.449 e. The third-order valence-corrected chi connectivity index (χ3v) is 2.53. The van der Waals surface area contributed by atoms with Crippen LogP contribution in [0.25, 0.3) is 0 Å². The normalized spacial score (nSPS) is 21.3. The van der Waals surface area contributed by atoms with E-state index in [0.29, 0.717) is 13.2 Å². The zero-order chi connectivity index (χ0) is 10.4. The lowest BCUT2D eigenvalue weighted by Crippen LogP contribution is -2.37. The molecule has 1 rings (SSSR count). The lowest BCUT2D eigenvalue weighted by atomic mass is 10.2. The van der Waals surface area contributed by atoms with Crippen molar-refractivity contribution in [2.45, 2.75) is 38.6 Å². The Morgan fingerprint density at radius 2 is 2.36 bits per heavy atom. The van der Waals surface area contributed by atoms with E-state index in [1.165, 1.54) is 0 Å². The van der Waals surface area contributed by atoms with Crippen LogP contribution in [0.15, 0.2) is 0 Å². The molecule has 0 spiro atoms. The zero-order valence-electron chi connectivity index (χ0n) is 8.70. The molecular formula is C10H18NO3. The Labute approximate surface area is 84.8 Å². The summed E-state index contributed by atoms with van der Waals surface area (Å²) < 4.78 is 5.05. The van der Waals surface area contributed by atoms with Gasteiger partial charge in [-0.3, -0.25) is 0 Å². The van der Waals surface area contributed by atoms with Crippen LogP contribution in [0.2, 0.25) is 0 Å². The Hall–Kier alpha value is -0.770. The van der Waals surface area contributed by atoms with Crippen LogP contribution in [0.5, 0.6) is 0 Å². The Balaban J connectivity index is 2.28. The van der Waals surface area contributed by atoms with Crippen LogP contribution in [0.3, 0.4) is 0 Å². The average Bonchev–Trinajstić information content (AvgIpc) is 2.65. The van der Waals surface area contributed by atoms with Crippen LogP contribution in [0.4, 0.5) is 4.79 Å². The van der Waals surface area contributed by atoms with E-state index < -0.39 is 0 Å². The molecule has 4 nitrogen and oxygen atoms in total. The summed E-state index contributed by atoms with van der Waals surface area (Å²) in [7, 11) is 0. The van der Waals surface area contributed by atoms with Gasteiger partial charge in [-0.15, -0.1) is 0 Å². The molecule has 1 fully saturated rings. The molecule has 1 unspecified atom stereocenters. The molecule has 81 valence electrons. The Bertz CT molecular complexity index is 184.